The Bertz CT molecular complexity index is 591. The summed E-state index contributed by atoms with van der Waals surface area (Å²) in [7, 11) is 0. The molecule has 0 fully saturated rings. The number of benzene rings is 2. The van der Waals surface area contributed by atoms with E-state index in [1.807, 2.05) is 37.3 Å². The fraction of sp³-hybridized carbons (Fsp3) is 0.133. The number of nitrogens with two attached hydrogens (primary N) is 1. The minimum atomic E-state index is 0.408. The highest BCUT2D eigenvalue weighted by atomic mass is 32.1. The van der Waals surface area contributed by atoms with Crippen molar-refractivity contribution in [3.05, 3.63) is 59.2 Å². The van der Waals surface area contributed by atoms with Crippen LogP contribution in [0.4, 0.5) is 11.4 Å². The van der Waals surface area contributed by atoms with Gasteiger partial charge in [0, 0.05) is 16.9 Å². The van der Waals surface area contributed by atoms with Crippen LogP contribution in [0.2, 0.25) is 0 Å². The van der Waals surface area contributed by atoms with Crippen LogP contribution in [0, 0.1) is 13.8 Å². The Morgan fingerprint density at radius 2 is 1.78 bits per heavy atom. The van der Waals surface area contributed by atoms with Crippen molar-refractivity contribution in [3.63, 3.8) is 0 Å². The van der Waals surface area contributed by atoms with Crippen molar-refractivity contribution in [3.8, 4) is 0 Å². The van der Waals surface area contributed by atoms with Gasteiger partial charge >= 0.3 is 0 Å². The smallest absolute Gasteiger partial charge is 0.106 e. The fourth-order valence-corrected chi connectivity index (χ4v) is 2.01. The van der Waals surface area contributed by atoms with Gasteiger partial charge in [0.15, 0.2) is 0 Å². The molecule has 0 aliphatic carbocycles. The van der Waals surface area contributed by atoms with Gasteiger partial charge in [-0.1, -0.05) is 36.5 Å². The maximum Gasteiger partial charge on any atom is 0.106 e. The molecule has 18 heavy (non-hydrogen) atoms. The van der Waals surface area contributed by atoms with Crippen LogP contribution in [-0.2, 0) is 0 Å². The van der Waals surface area contributed by atoms with Crippen molar-refractivity contribution >= 4 is 28.6 Å². The van der Waals surface area contributed by atoms with E-state index in [0.717, 1.165) is 16.9 Å². The first-order chi connectivity index (χ1) is 8.58. The normalized spacial score (nSPS) is 10.1. The molecule has 0 aromatic heterocycles. The molecule has 0 bridgehead atoms. The molecule has 0 saturated carbocycles. The average molecular weight is 256 g/mol. The summed E-state index contributed by atoms with van der Waals surface area (Å²) in [5, 5.41) is 3.40. The summed E-state index contributed by atoms with van der Waals surface area (Å²) in [6.45, 7) is 4.12. The van der Waals surface area contributed by atoms with Crippen LogP contribution in [0.5, 0.6) is 0 Å². The highest BCUT2D eigenvalue weighted by Crippen LogP contribution is 2.24. The molecule has 0 unspecified atom stereocenters. The van der Waals surface area contributed by atoms with Gasteiger partial charge in [0.25, 0.3) is 0 Å². The third kappa shape index (κ3) is 2.68. The zero-order valence-electron chi connectivity index (χ0n) is 10.5. The van der Waals surface area contributed by atoms with Crippen LogP contribution < -0.4 is 11.1 Å². The van der Waals surface area contributed by atoms with Crippen LogP contribution in [-0.4, -0.2) is 4.99 Å². The van der Waals surface area contributed by atoms with Crippen molar-refractivity contribution in [1.29, 1.82) is 0 Å². The molecule has 92 valence electrons. The van der Waals surface area contributed by atoms with Crippen LogP contribution in [0.15, 0.2) is 42.5 Å². The van der Waals surface area contributed by atoms with Crippen molar-refractivity contribution < 1.29 is 0 Å². The molecule has 2 nitrogen and oxygen atoms in total. The molecule has 0 atom stereocenters. The maximum absolute atomic E-state index is 5.75. The predicted octanol–water partition coefficient (Wildman–Crippen LogP) is 3.68. The Balaban J connectivity index is 2.42. The van der Waals surface area contributed by atoms with Crippen LogP contribution in [0.1, 0.15) is 16.7 Å². The van der Waals surface area contributed by atoms with E-state index in [2.05, 4.69) is 24.4 Å². The second-order valence-corrected chi connectivity index (χ2v) is 4.79. The van der Waals surface area contributed by atoms with E-state index in [-0.39, 0.29) is 0 Å². The van der Waals surface area contributed by atoms with Gasteiger partial charge in [-0.2, -0.15) is 0 Å². The van der Waals surface area contributed by atoms with E-state index in [1.165, 1.54) is 11.1 Å². The van der Waals surface area contributed by atoms with Gasteiger partial charge in [-0.3, -0.25) is 0 Å². The molecule has 2 aromatic carbocycles. The number of hydrogen-bond donors (Lipinski definition) is 2. The van der Waals surface area contributed by atoms with Crippen molar-refractivity contribution in [2.24, 2.45) is 5.73 Å². The Labute approximate surface area is 113 Å². The number of hydrogen-bond acceptors (Lipinski definition) is 2. The molecule has 2 rings (SSSR count). The van der Waals surface area contributed by atoms with Gasteiger partial charge in [0.2, 0.25) is 0 Å². The van der Waals surface area contributed by atoms with Gasteiger partial charge < -0.3 is 11.1 Å². The van der Waals surface area contributed by atoms with Crippen molar-refractivity contribution in [1.82, 2.24) is 0 Å². The van der Waals surface area contributed by atoms with E-state index in [4.69, 9.17) is 18.0 Å². The first-order valence-electron chi connectivity index (χ1n) is 5.81. The van der Waals surface area contributed by atoms with Gasteiger partial charge in [0.05, 0.1) is 0 Å². The van der Waals surface area contributed by atoms with Gasteiger partial charge in [-0.05, 0) is 43.2 Å². The largest absolute Gasteiger partial charge is 0.389 e. The van der Waals surface area contributed by atoms with Crippen molar-refractivity contribution in [2.75, 3.05) is 5.32 Å². The van der Waals surface area contributed by atoms with Crippen LogP contribution >= 0.6 is 12.2 Å². The third-order valence-corrected chi connectivity index (χ3v) is 3.07. The lowest BCUT2D eigenvalue weighted by molar-refractivity contribution is 1.40. The summed E-state index contributed by atoms with van der Waals surface area (Å²) in [4.78, 5) is 0.408. The Hall–Kier alpha value is -1.87. The average Bonchev–Trinajstić information content (AvgIpc) is 2.32. The molecule has 0 spiro atoms. The Morgan fingerprint density at radius 3 is 2.44 bits per heavy atom. The molecule has 0 amide bonds. The number of rotatable bonds is 3. The first-order valence-corrected chi connectivity index (χ1v) is 6.22. The molecule has 0 aliphatic heterocycles. The second kappa shape index (κ2) is 5.19. The maximum atomic E-state index is 5.75. The molecule has 0 saturated heterocycles. The zero-order chi connectivity index (χ0) is 13.1. The summed E-state index contributed by atoms with van der Waals surface area (Å²) in [5.41, 5.74) is 11.0. The van der Waals surface area contributed by atoms with Gasteiger partial charge in [0.1, 0.15) is 4.99 Å². The lowest BCUT2D eigenvalue weighted by atomic mass is 10.1. The first kappa shape index (κ1) is 12.6. The number of aryl methyl sites for hydroxylation is 2. The number of nitrogens with one attached hydrogen (secondary N) is 1. The van der Waals surface area contributed by atoms with Crippen LogP contribution in [0.3, 0.4) is 0 Å². The Morgan fingerprint density at radius 1 is 1.06 bits per heavy atom. The van der Waals surface area contributed by atoms with Crippen LogP contribution in [0.25, 0.3) is 0 Å². The lowest BCUT2D eigenvalue weighted by Crippen LogP contribution is -2.12. The van der Waals surface area contributed by atoms with Gasteiger partial charge in [-0.15, -0.1) is 0 Å². The highest BCUT2D eigenvalue weighted by molar-refractivity contribution is 7.80. The monoisotopic (exact) mass is 256 g/mol. The van der Waals surface area contributed by atoms with E-state index in [0.29, 0.717) is 4.99 Å². The fourth-order valence-electron chi connectivity index (χ4n) is 1.83. The number of anilines is 2. The number of para-hydroxylation sites is 1. The zero-order valence-corrected chi connectivity index (χ0v) is 11.3. The lowest BCUT2D eigenvalue weighted by Gasteiger charge is -2.14. The third-order valence-electron chi connectivity index (χ3n) is 2.85. The molecule has 3 N–H and O–H groups in total. The molecule has 0 aliphatic rings. The Kier molecular flexibility index (Phi) is 3.63. The summed E-state index contributed by atoms with van der Waals surface area (Å²) < 4.78 is 0. The minimum absolute atomic E-state index is 0.408. The second-order valence-electron chi connectivity index (χ2n) is 4.35. The summed E-state index contributed by atoms with van der Waals surface area (Å²) in [6.07, 6.45) is 0. The standard InChI is InChI=1S/C15H16N2S/c1-10-7-8-12(15(16)18)14(9-10)17-13-6-4-3-5-11(13)2/h3-9,17H,1-2H3,(H2,16,18). The summed E-state index contributed by atoms with van der Waals surface area (Å²) in [6, 6.07) is 14.2. The minimum Gasteiger partial charge on any atom is -0.389 e. The number of thiocarbonyl (C=S) groups is 1. The summed E-state index contributed by atoms with van der Waals surface area (Å²) >= 11 is 5.08. The van der Waals surface area contributed by atoms with E-state index in [1.54, 1.807) is 0 Å². The van der Waals surface area contributed by atoms with Crippen molar-refractivity contribution in [2.45, 2.75) is 13.8 Å². The van der Waals surface area contributed by atoms with E-state index in [9.17, 15) is 0 Å². The van der Waals surface area contributed by atoms with Gasteiger partial charge in [-0.25, -0.2) is 0 Å². The molecular formula is C15H16N2S. The van der Waals surface area contributed by atoms with E-state index < -0.39 is 0 Å². The molecule has 0 heterocycles. The molecular weight excluding hydrogens is 240 g/mol. The quantitative estimate of drug-likeness (QED) is 0.823. The summed E-state index contributed by atoms with van der Waals surface area (Å²) in [5.74, 6) is 0. The predicted molar refractivity (Wildman–Crippen MR) is 81.5 cm³/mol. The topological polar surface area (TPSA) is 38.0 Å². The van der Waals surface area contributed by atoms with E-state index >= 15 is 0 Å². The SMILES string of the molecule is Cc1ccc(C(N)=S)c(Nc2ccccc2C)c1. The molecule has 2 aromatic rings. The molecule has 3 heteroatoms. The highest BCUT2D eigenvalue weighted by Gasteiger charge is 2.06. The molecule has 0 radical (unpaired) electrons.